The number of piperazine rings is 1. The Morgan fingerprint density at radius 3 is 2.47 bits per heavy atom. The average molecular weight is 675 g/mol. The van der Waals surface area contributed by atoms with Crippen molar-refractivity contribution in [1.29, 1.82) is 0 Å². The molecule has 3 aromatic rings. The average Bonchev–Trinajstić information content (AvgIpc) is 3.87. The third-order valence-electron chi connectivity index (χ3n) is 8.63. The van der Waals surface area contributed by atoms with Crippen LogP contribution in [-0.2, 0) is 22.6 Å². The Balaban J connectivity index is 1.23. The summed E-state index contributed by atoms with van der Waals surface area (Å²) in [5.74, 6) is -1.79. The van der Waals surface area contributed by atoms with Crippen LogP contribution in [-0.4, -0.2) is 59.9 Å². The van der Waals surface area contributed by atoms with E-state index in [0.717, 1.165) is 47.2 Å². The predicted molar refractivity (Wildman–Crippen MR) is 172 cm³/mol. The van der Waals surface area contributed by atoms with E-state index in [1.165, 1.54) is 0 Å². The Labute approximate surface area is 275 Å². The van der Waals surface area contributed by atoms with Crippen LogP contribution in [0, 0.1) is 11.6 Å². The first-order chi connectivity index (χ1) is 21.6. The zero-order valence-electron chi connectivity index (χ0n) is 24.6. The summed E-state index contributed by atoms with van der Waals surface area (Å²) in [4.78, 5) is 31.0. The second-order valence-corrected chi connectivity index (χ2v) is 12.9. The summed E-state index contributed by atoms with van der Waals surface area (Å²) < 4.78 is 33.1. The molecule has 2 aliphatic heterocycles. The van der Waals surface area contributed by atoms with Crippen LogP contribution in [0.1, 0.15) is 42.4 Å². The minimum absolute atomic E-state index is 0.00599. The van der Waals surface area contributed by atoms with E-state index in [1.54, 1.807) is 18.0 Å². The molecule has 2 atom stereocenters. The lowest BCUT2D eigenvalue weighted by atomic mass is 9.82. The largest absolute Gasteiger partial charge is 0.489 e. The van der Waals surface area contributed by atoms with Crippen molar-refractivity contribution in [2.75, 3.05) is 20.2 Å². The van der Waals surface area contributed by atoms with Crippen LogP contribution in [0.2, 0.25) is 15.1 Å². The standard InChI is InChI=1S/C34H32Cl3F2N3O3/c1-41-18-28-29(34(44)42(22-11-12-22)17-21-5-2-6-24(35)30(21)36)23(16-27(40-28)33(41)43)20-9-7-19(8-10-20)4-3-15-45-32-26(39)14-13-25(38)31(32)37/h2,5-10,13-14,22,27-28,40H,3-4,11-12,15-18H2,1H3/t27?,28-/m1/s1. The van der Waals surface area contributed by atoms with E-state index >= 15 is 0 Å². The fourth-order valence-electron chi connectivity index (χ4n) is 6.12. The Morgan fingerprint density at radius 2 is 1.73 bits per heavy atom. The molecule has 0 radical (unpaired) electrons. The number of hydrogen-bond donors (Lipinski definition) is 1. The predicted octanol–water partition coefficient (Wildman–Crippen LogP) is 7.08. The zero-order valence-corrected chi connectivity index (χ0v) is 26.9. The lowest BCUT2D eigenvalue weighted by Crippen LogP contribution is -2.62. The highest BCUT2D eigenvalue weighted by Gasteiger charge is 2.44. The third kappa shape index (κ3) is 6.70. The molecule has 6 nitrogen and oxygen atoms in total. The number of rotatable bonds is 10. The SMILES string of the molecule is CN1C[C@H]2NC(CC(c3ccc(CCCOc4c(F)ccc(F)c4Cl)cc3)=C2C(=O)N(Cc2cccc(Cl)c2Cl)C2CC2)C1=O. The van der Waals surface area contributed by atoms with E-state index in [9.17, 15) is 18.4 Å². The molecule has 3 aromatic carbocycles. The first kappa shape index (κ1) is 31.8. The number of benzene rings is 3. The van der Waals surface area contributed by atoms with E-state index in [0.29, 0.717) is 48.0 Å². The smallest absolute Gasteiger partial charge is 0.252 e. The molecule has 0 spiro atoms. The molecule has 236 valence electrons. The molecule has 1 unspecified atom stereocenters. The number of carbonyl (C=O) groups is 2. The summed E-state index contributed by atoms with van der Waals surface area (Å²) in [5, 5.41) is 3.94. The minimum atomic E-state index is -0.736. The van der Waals surface area contributed by atoms with Gasteiger partial charge in [-0.2, -0.15) is 0 Å². The molecule has 1 saturated heterocycles. The number of nitrogens with zero attached hydrogens (tertiary/aromatic N) is 2. The molecular formula is C34H32Cl3F2N3O3. The molecule has 2 heterocycles. The van der Waals surface area contributed by atoms with Gasteiger partial charge in [-0.25, -0.2) is 8.78 Å². The van der Waals surface area contributed by atoms with Gasteiger partial charge >= 0.3 is 0 Å². The minimum Gasteiger partial charge on any atom is -0.489 e. The Kier molecular flexibility index (Phi) is 9.39. The van der Waals surface area contributed by atoms with Gasteiger partial charge in [-0.15, -0.1) is 0 Å². The lowest BCUT2D eigenvalue weighted by molar-refractivity contribution is -0.136. The number of hydrogen-bond acceptors (Lipinski definition) is 4. The molecule has 11 heteroatoms. The van der Waals surface area contributed by atoms with Gasteiger partial charge in [0.1, 0.15) is 10.8 Å². The normalized spacial score (nSPS) is 19.6. The van der Waals surface area contributed by atoms with Crippen molar-refractivity contribution < 1.29 is 23.1 Å². The van der Waals surface area contributed by atoms with E-state index in [4.69, 9.17) is 39.5 Å². The van der Waals surface area contributed by atoms with Gasteiger partial charge in [-0.1, -0.05) is 71.2 Å². The van der Waals surface area contributed by atoms with Crippen LogP contribution in [0.25, 0.3) is 5.57 Å². The van der Waals surface area contributed by atoms with E-state index in [2.05, 4.69) is 5.32 Å². The van der Waals surface area contributed by atoms with Gasteiger partial charge in [0.05, 0.1) is 28.7 Å². The highest BCUT2D eigenvalue weighted by Crippen LogP contribution is 2.38. The number of fused-ring (bicyclic) bond motifs is 2. The molecule has 6 rings (SSSR count). The molecule has 2 bridgehead atoms. The molecule has 3 aliphatic rings. The number of halogens is 5. The van der Waals surface area contributed by atoms with Crippen LogP contribution in [0.5, 0.6) is 5.75 Å². The Morgan fingerprint density at radius 1 is 1.00 bits per heavy atom. The van der Waals surface area contributed by atoms with Gasteiger partial charge in [-0.3, -0.25) is 14.9 Å². The van der Waals surface area contributed by atoms with E-state index < -0.39 is 17.7 Å². The highest BCUT2D eigenvalue weighted by atomic mass is 35.5. The van der Waals surface area contributed by atoms with Crippen molar-refractivity contribution in [2.24, 2.45) is 0 Å². The summed E-state index contributed by atoms with van der Waals surface area (Å²) in [6.45, 7) is 0.893. The zero-order chi connectivity index (χ0) is 31.8. The highest BCUT2D eigenvalue weighted by molar-refractivity contribution is 6.42. The Bertz CT molecular complexity index is 1660. The lowest BCUT2D eigenvalue weighted by Gasteiger charge is -2.43. The summed E-state index contributed by atoms with van der Waals surface area (Å²) in [5.41, 5.74) is 4.23. The first-order valence-corrected chi connectivity index (χ1v) is 16.1. The molecule has 1 N–H and O–H groups in total. The maximum Gasteiger partial charge on any atom is 0.252 e. The number of amides is 2. The van der Waals surface area contributed by atoms with Crippen LogP contribution in [0.3, 0.4) is 0 Å². The molecule has 45 heavy (non-hydrogen) atoms. The van der Waals surface area contributed by atoms with Gasteiger partial charge in [-0.05, 0) is 72.6 Å². The van der Waals surface area contributed by atoms with Crippen LogP contribution in [0.4, 0.5) is 8.78 Å². The number of aryl methyl sites for hydroxylation is 1. The van der Waals surface area contributed by atoms with Crippen LogP contribution < -0.4 is 10.1 Å². The molecule has 2 amide bonds. The van der Waals surface area contributed by atoms with E-state index in [1.807, 2.05) is 41.3 Å². The summed E-state index contributed by atoms with van der Waals surface area (Å²) in [6, 6.07) is 14.7. The van der Waals surface area contributed by atoms with E-state index in [-0.39, 0.29) is 41.3 Å². The molecular weight excluding hydrogens is 643 g/mol. The van der Waals surface area contributed by atoms with Gasteiger partial charge < -0.3 is 14.5 Å². The van der Waals surface area contributed by atoms with Crippen LogP contribution >= 0.6 is 34.8 Å². The van der Waals surface area contributed by atoms with Crippen molar-refractivity contribution >= 4 is 52.2 Å². The van der Waals surface area contributed by atoms with Gasteiger partial charge in [0.15, 0.2) is 11.6 Å². The third-order valence-corrected chi connectivity index (χ3v) is 9.84. The second kappa shape index (κ2) is 13.3. The summed E-state index contributed by atoms with van der Waals surface area (Å²) >= 11 is 18.7. The van der Waals surface area contributed by atoms with Crippen LogP contribution in [0.15, 0.2) is 60.2 Å². The molecule has 0 aromatic heterocycles. The van der Waals surface area contributed by atoms with Crippen molar-refractivity contribution in [3.8, 4) is 5.75 Å². The van der Waals surface area contributed by atoms with Crippen molar-refractivity contribution in [2.45, 2.75) is 56.8 Å². The number of ether oxygens (including phenoxy) is 1. The van der Waals surface area contributed by atoms with Crippen molar-refractivity contribution in [1.82, 2.24) is 15.1 Å². The monoisotopic (exact) mass is 673 g/mol. The van der Waals surface area contributed by atoms with Crippen molar-refractivity contribution in [3.05, 3.63) is 104 Å². The fourth-order valence-corrected chi connectivity index (χ4v) is 6.71. The Hall–Kier alpha value is -3.17. The fraction of sp³-hybridized carbons (Fsp3) is 0.353. The maximum atomic E-state index is 14.5. The molecule has 2 fully saturated rings. The summed E-state index contributed by atoms with van der Waals surface area (Å²) in [7, 11) is 1.77. The maximum absolute atomic E-state index is 14.5. The summed E-state index contributed by atoms with van der Waals surface area (Å²) in [6.07, 6.45) is 3.41. The quantitative estimate of drug-likeness (QED) is 0.185. The molecule has 1 aliphatic carbocycles. The van der Waals surface area contributed by atoms with Gasteiger partial charge in [0.2, 0.25) is 5.91 Å². The second-order valence-electron chi connectivity index (χ2n) is 11.8. The first-order valence-electron chi connectivity index (χ1n) is 15.0. The number of likely N-dealkylation sites (N-methyl/N-ethyl adjacent to an activating group) is 1. The molecule has 1 saturated carbocycles. The van der Waals surface area contributed by atoms with Crippen molar-refractivity contribution in [3.63, 3.8) is 0 Å². The van der Waals surface area contributed by atoms with Gasteiger partial charge in [0, 0.05) is 31.8 Å². The number of nitrogens with one attached hydrogen (secondary N) is 1. The van der Waals surface area contributed by atoms with Gasteiger partial charge in [0.25, 0.3) is 5.91 Å². The number of carbonyl (C=O) groups excluding carboxylic acids is 2. The topological polar surface area (TPSA) is 61.9 Å².